The van der Waals surface area contributed by atoms with Crippen LogP contribution >= 0.6 is 0 Å². The van der Waals surface area contributed by atoms with Gasteiger partial charge >= 0.3 is 5.97 Å². The van der Waals surface area contributed by atoms with Gasteiger partial charge in [0.25, 0.3) is 0 Å². The highest BCUT2D eigenvalue weighted by molar-refractivity contribution is 5.89. The second-order valence-corrected chi connectivity index (χ2v) is 6.07. The number of nitrogens with zero attached hydrogens (tertiary/aromatic N) is 1. The number of aryl methyl sites for hydroxylation is 1. The molecule has 0 aliphatic rings. The number of unbranched alkanes of at least 4 members (excludes halogenated alkanes) is 7. The SMILES string of the molecule is CCCCOCCCCCCCCCn1ccc(C(=O)OC)c1. The molecule has 0 fully saturated rings. The van der Waals surface area contributed by atoms with Crippen molar-refractivity contribution in [1.82, 2.24) is 4.57 Å². The van der Waals surface area contributed by atoms with Gasteiger partial charge in [0, 0.05) is 32.2 Å². The summed E-state index contributed by atoms with van der Waals surface area (Å²) in [5.41, 5.74) is 0.633. The number of aromatic nitrogens is 1. The van der Waals surface area contributed by atoms with E-state index in [1.807, 2.05) is 18.5 Å². The van der Waals surface area contributed by atoms with Crippen LogP contribution in [-0.2, 0) is 16.0 Å². The summed E-state index contributed by atoms with van der Waals surface area (Å²) in [5.74, 6) is -0.262. The lowest BCUT2D eigenvalue weighted by Crippen LogP contribution is -2.00. The maximum Gasteiger partial charge on any atom is 0.339 e. The smallest absolute Gasteiger partial charge is 0.339 e. The van der Waals surface area contributed by atoms with Gasteiger partial charge in [-0.25, -0.2) is 4.79 Å². The molecule has 23 heavy (non-hydrogen) atoms. The summed E-state index contributed by atoms with van der Waals surface area (Å²) in [6, 6.07) is 1.81. The molecule has 0 saturated carbocycles. The lowest BCUT2D eigenvalue weighted by atomic mass is 10.1. The average Bonchev–Trinajstić information content (AvgIpc) is 3.04. The van der Waals surface area contributed by atoms with Crippen LogP contribution in [0.4, 0.5) is 0 Å². The molecule has 0 unspecified atom stereocenters. The predicted octanol–water partition coefficient (Wildman–Crippen LogP) is 4.82. The summed E-state index contributed by atoms with van der Waals surface area (Å²) >= 11 is 0. The zero-order valence-corrected chi connectivity index (χ0v) is 14.9. The second-order valence-electron chi connectivity index (χ2n) is 6.07. The van der Waals surface area contributed by atoms with Crippen molar-refractivity contribution in [3.63, 3.8) is 0 Å². The molecular weight excluding hydrogens is 290 g/mol. The maximum absolute atomic E-state index is 11.4. The van der Waals surface area contributed by atoms with Gasteiger partial charge in [0.2, 0.25) is 0 Å². The minimum absolute atomic E-state index is 0.262. The summed E-state index contributed by atoms with van der Waals surface area (Å²) in [6.45, 7) is 5.02. The van der Waals surface area contributed by atoms with Crippen molar-refractivity contribution in [3.8, 4) is 0 Å². The van der Waals surface area contributed by atoms with Crippen LogP contribution in [0.5, 0.6) is 0 Å². The molecule has 0 aliphatic heterocycles. The van der Waals surface area contributed by atoms with E-state index in [1.165, 1.54) is 58.5 Å². The number of hydrogen-bond donors (Lipinski definition) is 0. The van der Waals surface area contributed by atoms with Crippen molar-refractivity contribution < 1.29 is 14.3 Å². The number of esters is 1. The van der Waals surface area contributed by atoms with Gasteiger partial charge in [-0.1, -0.05) is 45.4 Å². The molecule has 0 aromatic carbocycles. The first-order valence-electron chi connectivity index (χ1n) is 9.09. The highest BCUT2D eigenvalue weighted by atomic mass is 16.5. The second kappa shape index (κ2) is 13.2. The lowest BCUT2D eigenvalue weighted by molar-refractivity contribution is 0.0600. The molecule has 0 bridgehead atoms. The van der Waals surface area contributed by atoms with E-state index in [0.717, 1.165) is 26.2 Å². The predicted molar refractivity (Wildman–Crippen MR) is 93.8 cm³/mol. The minimum Gasteiger partial charge on any atom is -0.465 e. The molecule has 0 aliphatic carbocycles. The van der Waals surface area contributed by atoms with Crippen LogP contribution in [0.3, 0.4) is 0 Å². The van der Waals surface area contributed by atoms with Gasteiger partial charge in [0.05, 0.1) is 12.7 Å². The molecular formula is C19H33NO3. The Morgan fingerprint density at radius 1 is 1.00 bits per heavy atom. The molecule has 1 rings (SSSR count). The molecule has 4 heteroatoms. The first-order chi connectivity index (χ1) is 11.3. The number of carbonyl (C=O) groups is 1. The van der Waals surface area contributed by atoms with Crippen LogP contribution < -0.4 is 0 Å². The fourth-order valence-corrected chi connectivity index (χ4v) is 2.55. The fourth-order valence-electron chi connectivity index (χ4n) is 2.55. The number of carbonyl (C=O) groups excluding carboxylic acids is 1. The van der Waals surface area contributed by atoms with Crippen molar-refractivity contribution in [2.24, 2.45) is 0 Å². The Hall–Kier alpha value is -1.29. The monoisotopic (exact) mass is 323 g/mol. The minimum atomic E-state index is -0.262. The third kappa shape index (κ3) is 9.44. The topological polar surface area (TPSA) is 40.5 Å². The molecule has 0 N–H and O–H groups in total. The number of hydrogen-bond acceptors (Lipinski definition) is 3. The quantitative estimate of drug-likeness (QED) is 0.364. The third-order valence-electron chi connectivity index (χ3n) is 4.02. The number of methoxy groups -OCH3 is 1. The van der Waals surface area contributed by atoms with Gasteiger partial charge in [-0.05, 0) is 25.3 Å². The maximum atomic E-state index is 11.4. The number of ether oxygens (including phenoxy) is 2. The van der Waals surface area contributed by atoms with Gasteiger partial charge in [-0.15, -0.1) is 0 Å². The Labute approximate surface area is 141 Å². The first kappa shape index (κ1) is 19.8. The highest BCUT2D eigenvalue weighted by Gasteiger charge is 2.06. The van der Waals surface area contributed by atoms with Gasteiger partial charge in [-0.2, -0.15) is 0 Å². The molecule has 1 aromatic rings. The Morgan fingerprint density at radius 3 is 2.35 bits per heavy atom. The van der Waals surface area contributed by atoms with E-state index < -0.39 is 0 Å². The molecule has 0 saturated heterocycles. The normalized spacial score (nSPS) is 10.9. The van der Waals surface area contributed by atoms with Crippen LogP contribution in [-0.4, -0.2) is 30.9 Å². The molecule has 1 aromatic heterocycles. The molecule has 0 radical (unpaired) electrons. The van der Waals surface area contributed by atoms with Crippen molar-refractivity contribution in [1.29, 1.82) is 0 Å². The molecule has 1 heterocycles. The van der Waals surface area contributed by atoms with E-state index in [1.54, 1.807) is 0 Å². The molecule has 4 nitrogen and oxygen atoms in total. The van der Waals surface area contributed by atoms with E-state index in [4.69, 9.17) is 9.47 Å². The van der Waals surface area contributed by atoms with Crippen LogP contribution in [0.1, 0.15) is 75.1 Å². The van der Waals surface area contributed by atoms with Crippen LogP contribution in [0, 0.1) is 0 Å². The Kier molecular flexibility index (Phi) is 11.3. The van der Waals surface area contributed by atoms with Gasteiger partial charge in [0.1, 0.15) is 0 Å². The summed E-state index contributed by atoms with van der Waals surface area (Å²) in [6.07, 6.45) is 15.0. The van der Waals surface area contributed by atoms with Crippen LogP contribution in [0.2, 0.25) is 0 Å². The first-order valence-corrected chi connectivity index (χ1v) is 9.09. The summed E-state index contributed by atoms with van der Waals surface area (Å²) in [4.78, 5) is 11.4. The van der Waals surface area contributed by atoms with Gasteiger partial charge in [-0.3, -0.25) is 0 Å². The summed E-state index contributed by atoms with van der Waals surface area (Å²) in [5, 5.41) is 0. The van der Waals surface area contributed by atoms with Crippen molar-refractivity contribution in [3.05, 3.63) is 24.0 Å². The zero-order valence-electron chi connectivity index (χ0n) is 14.9. The van der Waals surface area contributed by atoms with E-state index in [2.05, 4.69) is 11.5 Å². The molecule has 0 atom stereocenters. The lowest BCUT2D eigenvalue weighted by Gasteiger charge is -2.04. The zero-order chi connectivity index (χ0) is 16.8. The van der Waals surface area contributed by atoms with E-state index in [-0.39, 0.29) is 5.97 Å². The van der Waals surface area contributed by atoms with E-state index in [0.29, 0.717) is 5.56 Å². The van der Waals surface area contributed by atoms with E-state index >= 15 is 0 Å². The Bertz CT molecular complexity index is 415. The largest absolute Gasteiger partial charge is 0.465 e. The fraction of sp³-hybridized carbons (Fsp3) is 0.737. The van der Waals surface area contributed by atoms with E-state index in [9.17, 15) is 4.79 Å². The Morgan fingerprint density at radius 2 is 1.65 bits per heavy atom. The van der Waals surface area contributed by atoms with Gasteiger partial charge < -0.3 is 14.0 Å². The van der Waals surface area contributed by atoms with Crippen molar-refractivity contribution in [2.75, 3.05) is 20.3 Å². The molecule has 0 spiro atoms. The summed E-state index contributed by atoms with van der Waals surface area (Å²) in [7, 11) is 1.41. The summed E-state index contributed by atoms with van der Waals surface area (Å²) < 4.78 is 12.3. The Balaban J connectivity index is 1.90. The highest BCUT2D eigenvalue weighted by Crippen LogP contribution is 2.10. The third-order valence-corrected chi connectivity index (χ3v) is 4.02. The average molecular weight is 323 g/mol. The standard InChI is InChI=1S/C19H33NO3/c1-3-4-15-23-16-11-9-7-5-6-8-10-13-20-14-12-18(17-20)19(21)22-2/h12,14,17H,3-11,13,15-16H2,1-2H3. The molecule has 132 valence electrons. The number of rotatable bonds is 14. The van der Waals surface area contributed by atoms with Crippen LogP contribution in [0.15, 0.2) is 18.5 Å². The van der Waals surface area contributed by atoms with Gasteiger partial charge in [0.15, 0.2) is 0 Å². The van der Waals surface area contributed by atoms with Crippen molar-refractivity contribution >= 4 is 5.97 Å². The molecule has 0 amide bonds. The van der Waals surface area contributed by atoms with Crippen LogP contribution in [0.25, 0.3) is 0 Å². The van der Waals surface area contributed by atoms with Crippen molar-refractivity contribution in [2.45, 2.75) is 71.3 Å².